The van der Waals surface area contributed by atoms with Crippen molar-refractivity contribution in [1.82, 2.24) is 4.72 Å². The molecule has 6 rings (SSSR count). The fraction of sp³-hybridized carbons (Fsp3) is 0.571. The molecule has 6 atom stereocenters. The number of ether oxygens (including phenoxy) is 3. The van der Waals surface area contributed by atoms with E-state index in [0.29, 0.717) is 36.2 Å². The Labute approximate surface area is 272 Å². The number of methoxy groups -OCH3 is 2. The molecule has 1 N–H and O–H groups in total. The van der Waals surface area contributed by atoms with Gasteiger partial charge in [-0.05, 0) is 104 Å². The van der Waals surface area contributed by atoms with Gasteiger partial charge in [0.1, 0.15) is 5.75 Å². The van der Waals surface area contributed by atoms with Gasteiger partial charge in [-0.1, -0.05) is 36.7 Å². The molecule has 8 nitrogen and oxygen atoms in total. The highest BCUT2D eigenvalue weighted by atomic mass is 35.5. The number of fused-ring (bicyclic) bond motifs is 4. The summed E-state index contributed by atoms with van der Waals surface area (Å²) >= 11 is 6.42. The highest BCUT2D eigenvalue weighted by molar-refractivity contribution is 7.90. The van der Waals surface area contributed by atoms with Crippen LogP contribution in [-0.4, -0.2) is 66.2 Å². The number of hydrogen-bond acceptors (Lipinski definition) is 7. The van der Waals surface area contributed by atoms with Gasteiger partial charge in [-0.3, -0.25) is 4.79 Å². The number of carbonyl (C=O) groups excluding carboxylic acids is 1. The minimum atomic E-state index is -3.98. The summed E-state index contributed by atoms with van der Waals surface area (Å²) in [5.41, 5.74) is 3.42. The zero-order valence-corrected chi connectivity index (χ0v) is 28.0. The molecular formula is C35H45ClN2O6S. The number of amides is 1. The number of anilines is 1. The van der Waals surface area contributed by atoms with Crippen LogP contribution in [0.3, 0.4) is 0 Å². The van der Waals surface area contributed by atoms with E-state index < -0.39 is 21.2 Å². The maximum atomic E-state index is 13.6. The van der Waals surface area contributed by atoms with Gasteiger partial charge in [0.05, 0.1) is 23.6 Å². The standard InChI is InChI=1S/C35H45ClN2O6S/c1-23-6-12-32(43-3)29-10-7-26(29)20-38-21-35(15-4-5-24-18-27(36)9-11-30(24)35)22-44-33-13-8-25(19-31(33)38)34(39)37-45(40,41)28(17-23)14-16-42-2/h6,8-9,11-13,18-19,23,26,28-29,32H,4-5,7,10,14-17,20-22H2,1-3H3,(H,37,39)/b12-6+/t23-,26+,28-,29-,32+,35+/m1/s1. The van der Waals surface area contributed by atoms with Crippen molar-refractivity contribution < 1.29 is 27.4 Å². The van der Waals surface area contributed by atoms with Crippen LogP contribution in [-0.2, 0) is 31.3 Å². The fourth-order valence-electron chi connectivity index (χ4n) is 7.90. The van der Waals surface area contributed by atoms with Gasteiger partial charge >= 0.3 is 0 Å². The number of rotatable bonds is 4. The van der Waals surface area contributed by atoms with Crippen molar-refractivity contribution in [3.63, 3.8) is 0 Å². The lowest BCUT2D eigenvalue weighted by Crippen LogP contribution is -2.49. The molecule has 2 aromatic rings. The Balaban J connectivity index is 1.42. The van der Waals surface area contributed by atoms with Crippen LogP contribution in [0.5, 0.6) is 5.75 Å². The average molecular weight is 657 g/mol. The molecule has 2 aliphatic heterocycles. The number of benzene rings is 2. The molecule has 0 unspecified atom stereocenters. The first-order valence-corrected chi connectivity index (χ1v) is 18.1. The molecule has 45 heavy (non-hydrogen) atoms. The number of hydrogen-bond donors (Lipinski definition) is 1. The molecule has 2 bridgehead atoms. The Morgan fingerprint density at radius 3 is 2.73 bits per heavy atom. The average Bonchev–Trinajstić information content (AvgIpc) is 3.15. The molecule has 4 aliphatic rings. The molecule has 0 aromatic heterocycles. The molecule has 1 saturated carbocycles. The van der Waals surface area contributed by atoms with E-state index >= 15 is 0 Å². The van der Waals surface area contributed by atoms with Crippen LogP contribution in [0.1, 0.15) is 66.9 Å². The Morgan fingerprint density at radius 2 is 1.98 bits per heavy atom. The smallest absolute Gasteiger partial charge is 0.264 e. The van der Waals surface area contributed by atoms with Crippen molar-refractivity contribution in [1.29, 1.82) is 0 Å². The molecule has 1 fully saturated rings. The van der Waals surface area contributed by atoms with Gasteiger partial charge in [0, 0.05) is 49.9 Å². The van der Waals surface area contributed by atoms with Gasteiger partial charge in [0.25, 0.3) is 5.91 Å². The first-order chi connectivity index (χ1) is 21.6. The monoisotopic (exact) mass is 656 g/mol. The van der Waals surface area contributed by atoms with Crippen LogP contribution in [0, 0.1) is 17.8 Å². The number of allylic oxidation sites excluding steroid dienone is 1. The second-order valence-electron chi connectivity index (χ2n) is 13.5. The SMILES string of the molecule is COCC[C@@H]1C[C@H](C)/C=C/[C@H](OC)[C@@H]2CC[C@H]2CN2C[C@@]3(CCCc4cc(Cl)ccc43)COc3ccc(cc32)C(=O)NS1(=O)=O. The number of carbonyl (C=O) groups is 1. The molecule has 0 radical (unpaired) electrons. The van der Waals surface area contributed by atoms with E-state index in [2.05, 4.69) is 33.9 Å². The van der Waals surface area contributed by atoms with Gasteiger partial charge < -0.3 is 19.1 Å². The molecule has 1 spiro atoms. The predicted octanol–water partition coefficient (Wildman–Crippen LogP) is 5.92. The van der Waals surface area contributed by atoms with Gasteiger partial charge in [0.2, 0.25) is 10.0 Å². The molecule has 10 heteroatoms. The van der Waals surface area contributed by atoms with Crippen LogP contribution >= 0.6 is 11.6 Å². The van der Waals surface area contributed by atoms with E-state index in [1.54, 1.807) is 20.3 Å². The maximum Gasteiger partial charge on any atom is 0.264 e. The lowest BCUT2D eigenvalue weighted by Gasteiger charge is -2.46. The quantitative estimate of drug-likeness (QED) is 0.409. The summed E-state index contributed by atoms with van der Waals surface area (Å²) in [5, 5.41) is -0.0409. The normalized spacial score (nSPS) is 31.9. The number of halogens is 1. The number of aryl methyl sites for hydroxylation is 1. The van der Waals surface area contributed by atoms with E-state index in [1.165, 1.54) is 11.1 Å². The highest BCUT2D eigenvalue weighted by Gasteiger charge is 2.44. The minimum Gasteiger partial charge on any atom is -0.490 e. The predicted molar refractivity (Wildman–Crippen MR) is 177 cm³/mol. The summed E-state index contributed by atoms with van der Waals surface area (Å²) in [6.45, 7) is 4.32. The third kappa shape index (κ3) is 6.64. The van der Waals surface area contributed by atoms with Crippen molar-refractivity contribution in [3.8, 4) is 5.75 Å². The zero-order valence-electron chi connectivity index (χ0n) is 26.5. The van der Waals surface area contributed by atoms with Crippen molar-refractivity contribution in [2.24, 2.45) is 17.8 Å². The summed E-state index contributed by atoms with van der Waals surface area (Å²) in [4.78, 5) is 16.0. The lowest BCUT2D eigenvalue weighted by molar-refractivity contribution is 0.0130. The molecule has 2 aliphatic carbocycles. The van der Waals surface area contributed by atoms with E-state index in [4.69, 9.17) is 25.8 Å². The third-order valence-corrected chi connectivity index (χ3v) is 12.5. The first kappa shape index (κ1) is 32.4. The topological polar surface area (TPSA) is 94.2 Å². The molecule has 0 saturated heterocycles. The van der Waals surface area contributed by atoms with Crippen LogP contribution in [0.4, 0.5) is 5.69 Å². The minimum absolute atomic E-state index is 0.0315. The second kappa shape index (κ2) is 13.3. The Hall–Kier alpha value is -2.59. The highest BCUT2D eigenvalue weighted by Crippen LogP contribution is 2.47. The molecule has 1 amide bonds. The van der Waals surface area contributed by atoms with E-state index in [0.717, 1.165) is 55.9 Å². The summed E-state index contributed by atoms with van der Waals surface area (Å²) in [6, 6.07) is 11.5. The van der Waals surface area contributed by atoms with Gasteiger partial charge in [-0.2, -0.15) is 0 Å². The van der Waals surface area contributed by atoms with Gasteiger partial charge in [0.15, 0.2) is 0 Å². The van der Waals surface area contributed by atoms with E-state index in [1.807, 2.05) is 25.1 Å². The van der Waals surface area contributed by atoms with Crippen LogP contribution in [0.2, 0.25) is 5.02 Å². The van der Waals surface area contributed by atoms with Crippen molar-refractivity contribution in [2.45, 2.75) is 68.6 Å². The Kier molecular flexibility index (Phi) is 9.53. The lowest BCUT2D eigenvalue weighted by atomic mass is 9.68. The first-order valence-electron chi connectivity index (χ1n) is 16.2. The van der Waals surface area contributed by atoms with Crippen LogP contribution < -0.4 is 14.4 Å². The summed E-state index contributed by atoms with van der Waals surface area (Å²) in [7, 11) is -0.671. The van der Waals surface area contributed by atoms with Gasteiger partial charge in [-0.15, -0.1) is 0 Å². The summed E-state index contributed by atoms with van der Waals surface area (Å²) in [5.74, 6) is 0.779. The van der Waals surface area contributed by atoms with Crippen molar-refractivity contribution >= 4 is 33.2 Å². The second-order valence-corrected chi connectivity index (χ2v) is 15.9. The molecule has 2 aromatic carbocycles. The number of nitrogens with zero attached hydrogens (tertiary/aromatic N) is 1. The van der Waals surface area contributed by atoms with E-state index in [9.17, 15) is 13.2 Å². The molecular weight excluding hydrogens is 612 g/mol. The third-order valence-electron chi connectivity index (χ3n) is 10.5. The number of sulfonamides is 1. The largest absolute Gasteiger partial charge is 0.490 e. The Bertz CT molecular complexity index is 1550. The zero-order chi connectivity index (χ0) is 31.8. The van der Waals surface area contributed by atoms with Crippen molar-refractivity contribution in [3.05, 3.63) is 70.3 Å². The fourth-order valence-corrected chi connectivity index (χ4v) is 9.60. The van der Waals surface area contributed by atoms with Crippen LogP contribution in [0.15, 0.2) is 48.6 Å². The summed E-state index contributed by atoms with van der Waals surface area (Å²) < 4.78 is 47.4. The number of nitrogens with one attached hydrogen (secondary N) is 1. The van der Waals surface area contributed by atoms with Crippen molar-refractivity contribution in [2.75, 3.05) is 45.4 Å². The summed E-state index contributed by atoms with van der Waals surface area (Å²) in [6.07, 6.45) is 9.96. The molecule has 2 heterocycles. The van der Waals surface area contributed by atoms with Gasteiger partial charge in [-0.25, -0.2) is 13.1 Å². The Morgan fingerprint density at radius 1 is 1.13 bits per heavy atom. The van der Waals surface area contributed by atoms with Crippen LogP contribution in [0.25, 0.3) is 0 Å². The maximum absolute atomic E-state index is 13.6. The molecule has 244 valence electrons. The van der Waals surface area contributed by atoms with E-state index in [-0.39, 0.29) is 30.5 Å².